The molecule has 1 aliphatic rings. The van der Waals surface area contributed by atoms with Gasteiger partial charge in [-0.3, -0.25) is 4.79 Å². The first kappa shape index (κ1) is 36.7. The number of hydrogen-bond acceptors (Lipinski definition) is 7. The van der Waals surface area contributed by atoms with Crippen molar-refractivity contribution in [3.63, 3.8) is 0 Å². The Balaban J connectivity index is 1.91. The second kappa shape index (κ2) is 17.1. The molecule has 0 bridgehead atoms. The quantitative estimate of drug-likeness (QED) is 0.168. The smallest absolute Gasteiger partial charge is 0.408 e. The molecule has 0 aromatic heterocycles. The van der Waals surface area contributed by atoms with Gasteiger partial charge in [-0.1, -0.05) is 33.8 Å². The summed E-state index contributed by atoms with van der Waals surface area (Å²) in [5.41, 5.74) is 0.149. The third-order valence-corrected chi connectivity index (χ3v) is 8.18. The third kappa shape index (κ3) is 13.3. The molecule has 1 aliphatic carbocycles. The van der Waals surface area contributed by atoms with E-state index < -0.39 is 23.3 Å². The van der Waals surface area contributed by atoms with Crippen LogP contribution in [0.1, 0.15) is 92.6 Å². The van der Waals surface area contributed by atoms with Crippen molar-refractivity contribution in [1.29, 1.82) is 0 Å². The lowest BCUT2D eigenvalue weighted by atomic mass is 9.82. The van der Waals surface area contributed by atoms with Crippen LogP contribution >= 0.6 is 0 Å². The molecule has 246 valence electrons. The van der Waals surface area contributed by atoms with Crippen molar-refractivity contribution < 1.29 is 33.6 Å². The standard InChI is InChI=1S/C34H58N2O7/c1-23(2)26(19-25-11-14-29(41-9)30(20-25)42-18-10-17-40-8)12-13-27(37)21-28(24(3)4)31(38)35-22-34(15-16-34)36-32(39)43-33(5,6)7/h11,14,20,23-24,26-28,37H,10,12-13,15-19,21-22H2,1-9H3,(H,35,38)(H,36,39)/t26-,27-,28+/m1/s1. The minimum atomic E-state index is -0.579. The van der Waals surface area contributed by atoms with E-state index in [0.717, 1.165) is 37.9 Å². The maximum Gasteiger partial charge on any atom is 0.408 e. The lowest BCUT2D eigenvalue weighted by molar-refractivity contribution is -0.127. The van der Waals surface area contributed by atoms with Crippen molar-refractivity contribution in [2.45, 2.75) is 111 Å². The van der Waals surface area contributed by atoms with E-state index >= 15 is 0 Å². The summed E-state index contributed by atoms with van der Waals surface area (Å²) >= 11 is 0. The number of benzene rings is 1. The Kier molecular flexibility index (Phi) is 14.6. The molecule has 1 aromatic carbocycles. The van der Waals surface area contributed by atoms with Crippen LogP contribution in [0.4, 0.5) is 4.79 Å². The summed E-state index contributed by atoms with van der Waals surface area (Å²) in [6.07, 6.45) is 4.10. The number of carbonyl (C=O) groups excluding carboxylic acids is 2. The minimum Gasteiger partial charge on any atom is -0.493 e. The summed E-state index contributed by atoms with van der Waals surface area (Å²) in [6.45, 7) is 15.5. The number of rotatable bonds is 19. The first-order valence-corrected chi connectivity index (χ1v) is 15.9. The molecule has 0 unspecified atom stereocenters. The van der Waals surface area contributed by atoms with Gasteiger partial charge in [0.25, 0.3) is 0 Å². The van der Waals surface area contributed by atoms with E-state index in [1.54, 1.807) is 14.2 Å². The number of ether oxygens (including phenoxy) is 4. The van der Waals surface area contributed by atoms with Gasteiger partial charge in [-0.15, -0.1) is 0 Å². The van der Waals surface area contributed by atoms with Gasteiger partial charge in [-0.05, 0) is 94.7 Å². The Morgan fingerprint density at radius 2 is 1.70 bits per heavy atom. The van der Waals surface area contributed by atoms with Gasteiger partial charge in [0.2, 0.25) is 5.91 Å². The molecule has 9 nitrogen and oxygen atoms in total. The molecule has 9 heteroatoms. The summed E-state index contributed by atoms with van der Waals surface area (Å²) in [4.78, 5) is 25.4. The molecule has 43 heavy (non-hydrogen) atoms. The molecule has 2 amide bonds. The van der Waals surface area contributed by atoms with E-state index in [4.69, 9.17) is 18.9 Å². The monoisotopic (exact) mass is 606 g/mol. The van der Waals surface area contributed by atoms with Gasteiger partial charge in [0.15, 0.2) is 11.5 Å². The number of amides is 2. The van der Waals surface area contributed by atoms with E-state index in [9.17, 15) is 14.7 Å². The molecule has 0 saturated heterocycles. The molecular formula is C34H58N2O7. The number of aliphatic hydroxyl groups is 1. The zero-order valence-electron chi connectivity index (χ0n) is 28.1. The SMILES string of the molecule is COCCCOc1cc(C[C@@H](CC[C@@H](O)C[C@H](C(=O)NCC2(NC(=O)OC(C)(C)C)CC2)C(C)C)C(C)C)ccc1OC. The Bertz CT molecular complexity index is 1000. The molecule has 1 saturated carbocycles. The summed E-state index contributed by atoms with van der Waals surface area (Å²) in [5, 5.41) is 17.0. The highest BCUT2D eigenvalue weighted by Crippen LogP contribution is 2.35. The van der Waals surface area contributed by atoms with Crippen LogP contribution in [0.3, 0.4) is 0 Å². The Labute approximate surface area is 259 Å². The van der Waals surface area contributed by atoms with Gasteiger partial charge in [0.05, 0.1) is 25.4 Å². The minimum absolute atomic E-state index is 0.0751. The van der Waals surface area contributed by atoms with E-state index in [0.29, 0.717) is 50.2 Å². The van der Waals surface area contributed by atoms with E-state index in [-0.39, 0.29) is 17.7 Å². The largest absolute Gasteiger partial charge is 0.493 e. The molecule has 2 rings (SSSR count). The van der Waals surface area contributed by atoms with Crippen LogP contribution in [0.2, 0.25) is 0 Å². The molecule has 0 aliphatic heterocycles. The average Bonchev–Trinajstić information content (AvgIpc) is 3.68. The molecular weight excluding hydrogens is 548 g/mol. The van der Waals surface area contributed by atoms with Crippen LogP contribution in [-0.2, 0) is 20.7 Å². The highest BCUT2D eigenvalue weighted by atomic mass is 16.6. The number of carbonyl (C=O) groups is 2. The maximum absolute atomic E-state index is 13.2. The first-order valence-electron chi connectivity index (χ1n) is 15.9. The highest BCUT2D eigenvalue weighted by molar-refractivity contribution is 5.79. The molecule has 1 aromatic rings. The van der Waals surface area contributed by atoms with Gasteiger partial charge in [-0.25, -0.2) is 4.79 Å². The first-order chi connectivity index (χ1) is 20.2. The van der Waals surface area contributed by atoms with Crippen LogP contribution in [0.25, 0.3) is 0 Å². The van der Waals surface area contributed by atoms with Gasteiger partial charge < -0.3 is 34.7 Å². The number of nitrogens with one attached hydrogen (secondary N) is 2. The Hall–Kier alpha value is -2.52. The van der Waals surface area contributed by atoms with E-state index in [1.807, 2.05) is 40.7 Å². The van der Waals surface area contributed by atoms with Crippen LogP contribution in [0.15, 0.2) is 18.2 Å². The number of methoxy groups -OCH3 is 2. The van der Waals surface area contributed by atoms with Crippen molar-refractivity contribution in [2.24, 2.45) is 23.7 Å². The second-order valence-corrected chi connectivity index (χ2v) is 13.8. The van der Waals surface area contributed by atoms with Gasteiger partial charge in [-0.2, -0.15) is 0 Å². The Morgan fingerprint density at radius 3 is 2.26 bits per heavy atom. The van der Waals surface area contributed by atoms with Gasteiger partial charge >= 0.3 is 6.09 Å². The van der Waals surface area contributed by atoms with Gasteiger partial charge in [0.1, 0.15) is 5.60 Å². The van der Waals surface area contributed by atoms with Crippen LogP contribution in [0.5, 0.6) is 11.5 Å². The fourth-order valence-electron chi connectivity index (χ4n) is 5.22. The zero-order chi connectivity index (χ0) is 32.2. The van der Waals surface area contributed by atoms with Crippen LogP contribution in [0, 0.1) is 23.7 Å². The van der Waals surface area contributed by atoms with E-state index in [2.05, 4.69) is 36.6 Å². The molecule has 3 N–H and O–H groups in total. The fourth-order valence-corrected chi connectivity index (χ4v) is 5.22. The summed E-state index contributed by atoms with van der Waals surface area (Å²) in [5.74, 6) is 1.92. The number of alkyl carbamates (subject to hydrolysis) is 1. The highest BCUT2D eigenvalue weighted by Gasteiger charge is 2.45. The normalized spacial score (nSPS) is 16.4. The summed E-state index contributed by atoms with van der Waals surface area (Å²) in [6, 6.07) is 6.09. The van der Waals surface area contributed by atoms with Crippen molar-refractivity contribution >= 4 is 12.0 Å². The second-order valence-electron chi connectivity index (χ2n) is 13.8. The van der Waals surface area contributed by atoms with Crippen LogP contribution < -0.4 is 20.1 Å². The topological polar surface area (TPSA) is 115 Å². The molecule has 0 spiro atoms. The average molecular weight is 607 g/mol. The third-order valence-electron chi connectivity index (χ3n) is 8.18. The summed E-state index contributed by atoms with van der Waals surface area (Å²) in [7, 11) is 3.32. The van der Waals surface area contributed by atoms with Crippen molar-refractivity contribution in [3.05, 3.63) is 23.8 Å². The molecule has 3 atom stereocenters. The van der Waals surface area contributed by atoms with Crippen molar-refractivity contribution in [2.75, 3.05) is 34.0 Å². The predicted octanol–water partition coefficient (Wildman–Crippen LogP) is 5.90. The summed E-state index contributed by atoms with van der Waals surface area (Å²) < 4.78 is 22.0. The molecule has 0 heterocycles. The zero-order valence-corrected chi connectivity index (χ0v) is 28.1. The molecule has 0 radical (unpaired) electrons. The maximum atomic E-state index is 13.2. The lowest BCUT2D eigenvalue weighted by Gasteiger charge is -2.27. The van der Waals surface area contributed by atoms with E-state index in [1.165, 1.54) is 5.56 Å². The Morgan fingerprint density at radius 1 is 1.00 bits per heavy atom. The molecule has 1 fully saturated rings. The van der Waals surface area contributed by atoms with Crippen molar-refractivity contribution in [1.82, 2.24) is 10.6 Å². The van der Waals surface area contributed by atoms with Crippen LogP contribution in [-0.4, -0.2) is 68.3 Å². The predicted molar refractivity (Wildman–Crippen MR) is 170 cm³/mol. The number of aliphatic hydroxyl groups excluding tert-OH is 1. The lowest BCUT2D eigenvalue weighted by Crippen LogP contribution is -2.49. The fraction of sp³-hybridized carbons (Fsp3) is 0.765. The van der Waals surface area contributed by atoms with Crippen molar-refractivity contribution in [3.8, 4) is 11.5 Å². The van der Waals surface area contributed by atoms with Gasteiger partial charge in [0, 0.05) is 32.6 Å². The number of hydrogen-bond donors (Lipinski definition) is 3.